The van der Waals surface area contributed by atoms with Crippen molar-refractivity contribution in [1.82, 2.24) is 4.90 Å². The maximum atomic E-state index is 6.88. The van der Waals surface area contributed by atoms with Gasteiger partial charge >= 0.3 is 0 Å². The normalized spacial score (nSPS) is 29.7. The number of hydrogen-bond donors (Lipinski definition) is 1. The third-order valence-electron chi connectivity index (χ3n) is 5.96. The van der Waals surface area contributed by atoms with Gasteiger partial charge in [0.2, 0.25) is 0 Å². The lowest BCUT2D eigenvalue weighted by Gasteiger charge is -2.51. The molecule has 1 aliphatic carbocycles. The summed E-state index contributed by atoms with van der Waals surface area (Å²) in [5.74, 6) is 2.39. The van der Waals surface area contributed by atoms with Gasteiger partial charge in [-0.05, 0) is 62.9 Å². The zero-order valence-electron chi connectivity index (χ0n) is 14.8. The van der Waals surface area contributed by atoms with Gasteiger partial charge < -0.3 is 5.73 Å². The van der Waals surface area contributed by atoms with Crippen LogP contribution in [0.3, 0.4) is 0 Å². The Bertz CT molecular complexity index is 259. The molecule has 0 heterocycles. The summed E-state index contributed by atoms with van der Waals surface area (Å²) < 4.78 is 0. The van der Waals surface area contributed by atoms with Crippen LogP contribution in [-0.2, 0) is 0 Å². The van der Waals surface area contributed by atoms with Crippen LogP contribution in [-0.4, -0.2) is 29.6 Å². The highest BCUT2D eigenvalue weighted by atomic mass is 15.2. The summed E-state index contributed by atoms with van der Waals surface area (Å²) in [7, 11) is 0. The van der Waals surface area contributed by atoms with Crippen molar-refractivity contribution in [3.63, 3.8) is 0 Å². The zero-order valence-corrected chi connectivity index (χ0v) is 14.8. The largest absolute Gasteiger partial charge is 0.326 e. The second-order valence-electron chi connectivity index (χ2n) is 7.19. The molecule has 0 bridgehead atoms. The minimum absolute atomic E-state index is 0.199. The van der Waals surface area contributed by atoms with E-state index in [4.69, 9.17) is 5.73 Å². The van der Waals surface area contributed by atoms with E-state index in [-0.39, 0.29) is 5.54 Å². The van der Waals surface area contributed by atoms with E-state index in [0.29, 0.717) is 12.0 Å². The van der Waals surface area contributed by atoms with Crippen molar-refractivity contribution in [1.29, 1.82) is 0 Å². The lowest BCUT2D eigenvalue weighted by molar-refractivity contribution is 0.0239. The quantitative estimate of drug-likeness (QED) is 0.755. The van der Waals surface area contributed by atoms with Gasteiger partial charge in [-0.25, -0.2) is 0 Å². The smallest absolute Gasteiger partial charge is 0.0357 e. The molecule has 2 N–H and O–H groups in total. The Morgan fingerprint density at radius 2 is 1.40 bits per heavy atom. The Morgan fingerprint density at radius 1 is 0.950 bits per heavy atom. The molecule has 0 radical (unpaired) electrons. The van der Waals surface area contributed by atoms with Gasteiger partial charge in [0.1, 0.15) is 0 Å². The summed E-state index contributed by atoms with van der Waals surface area (Å²) in [5.41, 5.74) is 7.08. The third-order valence-corrected chi connectivity index (χ3v) is 5.96. The van der Waals surface area contributed by atoms with Crippen LogP contribution in [0.1, 0.15) is 73.6 Å². The van der Waals surface area contributed by atoms with Gasteiger partial charge in [0.15, 0.2) is 0 Å². The second-order valence-corrected chi connectivity index (χ2v) is 7.19. The van der Waals surface area contributed by atoms with Gasteiger partial charge in [0.25, 0.3) is 0 Å². The van der Waals surface area contributed by atoms with Crippen LogP contribution in [0.5, 0.6) is 0 Å². The van der Waals surface area contributed by atoms with Crippen LogP contribution in [0, 0.1) is 17.8 Å². The topological polar surface area (TPSA) is 29.3 Å². The first-order valence-corrected chi connectivity index (χ1v) is 8.95. The molecule has 0 aromatic rings. The molecule has 1 fully saturated rings. The fraction of sp³-hybridized carbons (Fsp3) is 1.00. The minimum atomic E-state index is 0.199. The Morgan fingerprint density at radius 3 is 1.75 bits per heavy atom. The van der Waals surface area contributed by atoms with Crippen molar-refractivity contribution in [2.24, 2.45) is 23.5 Å². The van der Waals surface area contributed by atoms with Gasteiger partial charge in [-0.15, -0.1) is 0 Å². The molecule has 1 aliphatic rings. The average Bonchev–Trinajstić information content (AvgIpc) is 2.43. The van der Waals surface area contributed by atoms with E-state index in [1.54, 1.807) is 0 Å². The summed E-state index contributed by atoms with van der Waals surface area (Å²) in [6, 6.07) is 0.322. The van der Waals surface area contributed by atoms with E-state index in [1.165, 1.54) is 32.1 Å². The molecule has 0 aromatic heterocycles. The van der Waals surface area contributed by atoms with Gasteiger partial charge in [-0.2, -0.15) is 0 Å². The standard InChI is InChI=1S/C18H38N2/c1-7-18(8-2,20(9-3)10-4)17(19)16-12-14(5)11-15(6)13-16/h14-17H,7-13,19H2,1-6H3. The van der Waals surface area contributed by atoms with E-state index in [9.17, 15) is 0 Å². The molecule has 0 aliphatic heterocycles. The summed E-state index contributed by atoms with van der Waals surface area (Å²) in [5, 5.41) is 0. The average molecular weight is 283 g/mol. The molecule has 1 saturated carbocycles. The fourth-order valence-corrected chi connectivity index (χ4v) is 4.97. The summed E-state index contributed by atoms with van der Waals surface area (Å²) >= 11 is 0. The molecule has 0 saturated heterocycles. The molecule has 1 rings (SSSR count). The number of rotatable bonds is 7. The first-order chi connectivity index (χ1) is 9.44. The molecule has 0 aromatic carbocycles. The van der Waals surface area contributed by atoms with E-state index in [1.807, 2.05) is 0 Å². The van der Waals surface area contributed by atoms with Crippen molar-refractivity contribution in [2.75, 3.05) is 13.1 Å². The molecule has 120 valence electrons. The first-order valence-electron chi connectivity index (χ1n) is 8.95. The van der Waals surface area contributed by atoms with Crippen molar-refractivity contribution in [3.8, 4) is 0 Å². The third kappa shape index (κ3) is 3.57. The highest BCUT2D eigenvalue weighted by molar-refractivity contribution is 5.01. The maximum absolute atomic E-state index is 6.88. The van der Waals surface area contributed by atoms with Crippen LogP contribution in [0.15, 0.2) is 0 Å². The lowest BCUT2D eigenvalue weighted by Crippen LogP contribution is -2.62. The highest BCUT2D eigenvalue weighted by Gasteiger charge is 2.43. The molecule has 0 spiro atoms. The SMILES string of the molecule is CCN(CC)C(CC)(CC)C(N)C1CC(C)CC(C)C1. The Labute approximate surface area is 127 Å². The van der Waals surface area contributed by atoms with E-state index < -0.39 is 0 Å². The molecule has 3 atom stereocenters. The van der Waals surface area contributed by atoms with Gasteiger partial charge in [-0.3, -0.25) is 4.90 Å². The minimum Gasteiger partial charge on any atom is -0.326 e. The molecule has 0 amide bonds. The Balaban J connectivity index is 2.95. The van der Waals surface area contributed by atoms with Gasteiger partial charge in [-0.1, -0.05) is 41.5 Å². The highest BCUT2D eigenvalue weighted by Crippen LogP contribution is 2.40. The van der Waals surface area contributed by atoms with Crippen LogP contribution in [0.2, 0.25) is 0 Å². The molecule has 2 nitrogen and oxygen atoms in total. The predicted octanol–water partition coefficient (Wildman–Crippen LogP) is 4.29. The van der Waals surface area contributed by atoms with Gasteiger partial charge in [0.05, 0.1) is 0 Å². The molecular weight excluding hydrogens is 244 g/mol. The van der Waals surface area contributed by atoms with Crippen LogP contribution >= 0.6 is 0 Å². The van der Waals surface area contributed by atoms with Crippen molar-refractivity contribution in [2.45, 2.75) is 85.2 Å². The maximum Gasteiger partial charge on any atom is 0.0357 e. The van der Waals surface area contributed by atoms with E-state index >= 15 is 0 Å². The number of hydrogen-bond acceptors (Lipinski definition) is 2. The van der Waals surface area contributed by atoms with Gasteiger partial charge in [0, 0.05) is 11.6 Å². The Hall–Kier alpha value is -0.0800. The number of nitrogens with two attached hydrogens (primary N) is 1. The molecule has 2 heteroatoms. The molecule has 20 heavy (non-hydrogen) atoms. The predicted molar refractivity (Wildman–Crippen MR) is 89.9 cm³/mol. The molecular formula is C18H38N2. The van der Waals surface area contributed by atoms with Crippen LogP contribution < -0.4 is 5.73 Å². The van der Waals surface area contributed by atoms with Crippen molar-refractivity contribution in [3.05, 3.63) is 0 Å². The monoisotopic (exact) mass is 282 g/mol. The first kappa shape index (κ1) is 18.0. The van der Waals surface area contributed by atoms with E-state index in [2.05, 4.69) is 46.4 Å². The summed E-state index contributed by atoms with van der Waals surface area (Å²) in [6.45, 7) is 16.3. The van der Waals surface area contributed by atoms with E-state index in [0.717, 1.165) is 24.9 Å². The Kier molecular flexibility index (Phi) is 7.00. The molecule has 3 unspecified atom stereocenters. The lowest BCUT2D eigenvalue weighted by atomic mass is 9.67. The zero-order chi connectivity index (χ0) is 15.3. The van der Waals surface area contributed by atoms with Crippen molar-refractivity contribution >= 4 is 0 Å². The second kappa shape index (κ2) is 7.79. The summed E-state index contributed by atoms with van der Waals surface area (Å²) in [4.78, 5) is 2.63. The van der Waals surface area contributed by atoms with Crippen LogP contribution in [0.4, 0.5) is 0 Å². The van der Waals surface area contributed by atoms with Crippen LogP contribution in [0.25, 0.3) is 0 Å². The van der Waals surface area contributed by atoms with Crippen molar-refractivity contribution < 1.29 is 0 Å². The fourth-order valence-electron chi connectivity index (χ4n) is 4.97. The number of nitrogens with zero attached hydrogens (tertiary/aromatic N) is 1. The summed E-state index contributed by atoms with van der Waals surface area (Å²) in [6.07, 6.45) is 6.39. The number of likely N-dealkylation sites (N-methyl/N-ethyl adjacent to an activating group) is 1.